The largest absolute Gasteiger partial charge is 0.382 e. The molecular weight excluding hydrogens is 290 g/mol. The standard InChI is InChI=1S/C13H21N5O2S/c1-3-15-11(19)8(2)16-12(20)9-10(14)17-13(21-9)18-6-4-5-7-18/h8H,3-7,14H2,1-2H3,(H,15,19)(H,16,20). The zero-order chi connectivity index (χ0) is 15.4. The number of nitrogen functional groups attached to an aromatic ring is 1. The summed E-state index contributed by atoms with van der Waals surface area (Å²) in [5.74, 6) is -0.342. The van der Waals surface area contributed by atoms with Gasteiger partial charge in [0.05, 0.1) is 0 Å². The van der Waals surface area contributed by atoms with Crippen molar-refractivity contribution in [3.8, 4) is 0 Å². The second kappa shape index (κ2) is 6.75. The number of nitrogens with zero attached hydrogens (tertiary/aromatic N) is 2. The van der Waals surface area contributed by atoms with Gasteiger partial charge in [0.25, 0.3) is 5.91 Å². The molecule has 8 heteroatoms. The lowest BCUT2D eigenvalue weighted by Crippen LogP contribution is -2.44. The van der Waals surface area contributed by atoms with Crippen LogP contribution in [0.1, 0.15) is 36.4 Å². The summed E-state index contributed by atoms with van der Waals surface area (Å²) in [5, 5.41) is 6.09. The van der Waals surface area contributed by atoms with Crippen LogP contribution in [0.25, 0.3) is 0 Å². The third-order valence-electron chi connectivity index (χ3n) is 3.32. The average molecular weight is 311 g/mol. The number of carbonyl (C=O) groups is 2. The molecule has 1 fully saturated rings. The van der Waals surface area contributed by atoms with Gasteiger partial charge in [-0.1, -0.05) is 11.3 Å². The lowest BCUT2D eigenvalue weighted by Gasteiger charge is -2.13. The number of nitrogens with two attached hydrogens (primary N) is 1. The second-order valence-electron chi connectivity index (χ2n) is 4.99. The number of anilines is 2. The molecule has 7 nitrogen and oxygen atoms in total. The molecule has 0 aromatic carbocycles. The van der Waals surface area contributed by atoms with Gasteiger partial charge in [-0.2, -0.15) is 0 Å². The maximum atomic E-state index is 12.2. The Bertz CT molecular complexity index is 525. The lowest BCUT2D eigenvalue weighted by atomic mass is 10.3. The van der Waals surface area contributed by atoms with Crippen molar-refractivity contribution in [2.24, 2.45) is 0 Å². The van der Waals surface area contributed by atoms with Crippen molar-refractivity contribution in [2.45, 2.75) is 32.7 Å². The maximum absolute atomic E-state index is 12.2. The number of likely N-dealkylation sites (N-methyl/N-ethyl adjacent to an activating group) is 1. The van der Waals surface area contributed by atoms with Crippen LogP contribution in [0.4, 0.5) is 10.9 Å². The van der Waals surface area contributed by atoms with Crippen LogP contribution < -0.4 is 21.3 Å². The first kappa shape index (κ1) is 15.6. The van der Waals surface area contributed by atoms with E-state index >= 15 is 0 Å². The van der Waals surface area contributed by atoms with Crippen molar-refractivity contribution in [1.82, 2.24) is 15.6 Å². The minimum atomic E-state index is -0.603. The summed E-state index contributed by atoms with van der Waals surface area (Å²) in [6.45, 7) is 5.89. The molecule has 2 heterocycles. The van der Waals surface area contributed by atoms with Crippen molar-refractivity contribution >= 4 is 34.1 Å². The van der Waals surface area contributed by atoms with E-state index in [2.05, 4.69) is 20.5 Å². The van der Waals surface area contributed by atoms with E-state index in [9.17, 15) is 9.59 Å². The number of hydrogen-bond acceptors (Lipinski definition) is 6. The third-order valence-corrected chi connectivity index (χ3v) is 4.45. The van der Waals surface area contributed by atoms with Crippen LogP contribution in [-0.4, -0.2) is 42.5 Å². The Morgan fingerprint density at radius 1 is 1.43 bits per heavy atom. The van der Waals surface area contributed by atoms with Crippen LogP contribution in [0.5, 0.6) is 0 Å². The van der Waals surface area contributed by atoms with E-state index in [-0.39, 0.29) is 17.6 Å². The molecule has 1 aliphatic rings. The predicted molar refractivity (Wildman–Crippen MR) is 83.6 cm³/mol. The van der Waals surface area contributed by atoms with Gasteiger partial charge in [0, 0.05) is 19.6 Å². The molecule has 1 unspecified atom stereocenters. The van der Waals surface area contributed by atoms with Crippen molar-refractivity contribution in [1.29, 1.82) is 0 Å². The van der Waals surface area contributed by atoms with Gasteiger partial charge in [-0.05, 0) is 26.7 Å². The van der Waals surface area contributed by atoms with Gasteiger partial charge < -0.3 is 21.3 Å². The maximum Gasteiger partial charge on any atom is 0.265 e. The van der Waals surface area contributed by atoms with Crippen molar-refractivity contribution in [2.75, 3.05) is 30.3 Å². The van der Waals surface area contributed by atoms with E-state index in [0.29, 0.717) is 11.4 Å². The van der Waals surface area contributed by atoms with Crippen LogP contribution in [0.3, 0.4) is 0 Å². The number of rotatable bonds is 5. The Labute approximate surface area is 127 Å². The first-order valence-electron chi connectivity index (χ1n) is 7.12. The van der Waals surface area contributed by atoms with Crippen molar-refractivity contribution in [3.05, 3.63) is 4.88 Å². The van der Waals surface area contributed by atoms with Crippen molar-refractivity contribution < 1.29 is 9.59 Å². The van der Waals surface area contributed by atoms with E-state index in [1.54, 1.807) is 6.92 Å². The molecular formula is C13H21N5O2S. The summed E-state index contributed by atoms with van der Waals surface area (Å²) < 4.78 is 0. The fraction of sp³-hybridized carbons (Fsp3) is 0.615. The van der Waals surface area contributed by atoms with E-state index < -0.39 is 6.04 Å². The monoisotopic (exact) mass is 311 g/mol. The Balaban J connectivity index is 2.03. The fourth-order valence-corrected chi connectivity index (χ4v) is 3.12. The second-order valence-corrected chi connectivity index (χ2v) is 5.97. The topological polar surface area (TPSA) is 100 Å². The molecule has 1 saturated heterocycles. The third kappa shape index (κ3) is 3.63. The molecule has 2 amide bonds. The summed E-state index contributed by atoms with van der Waals surface area (Å²) >= 11 is 1.28. The van der Waals surface area contributed by atoms with Crippen molar-refractivity contribution in [3.63, 3.8) is 0 Å². The van der Waals surface area contributed by atoms with Gasteiger partial charge in [-0.25, -0.2) is 4.98 Å². The zero-order valence-corrected chi connectivity index (χ0v) is 13.1. The van der Waals surface area contributed by atoms with Gasteiger partial charge in [-0.15, -0.1) is 0 Å². The van der Waals surface area contributed by atoms with Gasteiger partial charge in [0.2, 0.25) is 5.91 Å². The Morgan fingerprint density at radius 3 is 2.71 bits per heavy atom. The zero-order valence-electron chi connectivity index (χ0n) is 12.3. The van der Waals surface area contributed by atoms with Crippen LogP contribution in [0.15, 0.2) is 0 Å². The summed E-state index contributed by atoms with van der Waals surface area (Å²) in [7, 11) is 0. The van der Waals surface area contributed by atoms with Crippen LogP contribution in [-0.2, 0) is 4.79 Å². The van der Waals surface area contributed by atoms with Crippen LogP contribution >= 0.6 is 11.3 Å². The highest BCUT2D eigenvalue weighted by Crippen LogP contribution is 2.30. The molecule has 116 valence electrons. The predicted octanol–water partition coefficient (Wildman–Crippen LogP) is 0.580. The molecule has 1 aromatic heterocycles. The normalized spacial score (nSPS) is 15.8. The van der Waals surface area contributed by atoms with Gasteiger partial charge >= 0.3 is 0 Å². The lowest BCUT2D eigenvalue weighted by molar-refractivity contribution is -0.122. The van der Waals surface area contributed by atoms with Gasteiger partial charge in [0.1, 0.15) is 16.7 Å². The summed E-state index contributed by atoms with van der Waals surface area (Å²) in [6.07, 6.45) is 2.27. The van der Waals surface area contributed by atoms with Gasteiger partial charge in [0.15, 0.2) is 5.13 Å². The van der Waals surface area contributed by atoms with Gasteiger partial charge in [-0.3, -0.25) is 9.59 Å². The van der Waals surface area contributed by atoms with E-state index in [0.717, 1.165) is 31.1 Å². The first-order valence-corrected chi connectivity index (χ1v) is 7.94. The summed E-state index contributed by atoms with van der Waals surface area (Å²) in [6, 6.07) is -0.603. The molecule has 0 saturated carbocycles. The number of hydrogen-bond donors (Lipinski definition) is 3. The average Bonchev–Trinajstić information content (AvgIpc) is 3.07. The molecule has 0 bridgehead atoms. The molecule has 21 heavy (non-hydrogen) atoms. The highest BCUT2D eigenvalue weighted by atomic mass is 32.1. The highest BCUT2D eigenvalue weighted by molar-refractivity contribution is 7.18. The molecule has 0 aliphatic carbocycles. The molecule has 4 N–H and O–H groups in total. The SMILES string of the molecule is CCNC(=O)C(C)NC(=O)c1sc(N2CCCC2)nc1N. The van der Waals surface area contributed by atoms with E-state index in [4.69, 9.17) is 5.73 Å². The Morgan fingerprint density at radius 2 is 2.10 bits per heavy atom. The fourth-order valence-electron chi connectivity index (χ4n) is 2.18. The number of nitrogens with one attached hydrogen (secondary N) is 2. The Kier molecular flexibility index (Phi) is 5.00. The minimum Gasteiger partial charge on any atom is -0.382 e. The molecule has 0 radical (unpaired) electrons. The smallest absolute Gasteiger partial charge is 0.265 e. The molecule has 0 spiro atoms. The minimum absolute atomic E-state index is 0.214. The molecule has 1 aliphatic heterocycles. The van der Waals surface area contributed by atoms with Crippen LogP contribution in [0.2, 0.25) is 0 Å². The summed E-state index contributed by atoms with van der Waals surface area (Å²) in [5.41, 5.74) is 5.83. The van der Waals surface area contributed by atoms with Crippen LogP contribution in [0, 0.1) is 0 Å². The molecule has 1 atom stereocenters. The van der Waals surface area contributed by atoms with E-state index in [1.165, 1.54) is 11.3 Å². The Hall–Kier alpha value is -1.83. The molecule has 2 rings (SSSR count). The quantitative estimate of drug-likeness (QED) is 0.738. The highest BCUT2D eigenvalue weighted by Gasteiger charge is 2.23. The number of amides is 2. The molecule has 1 aromatic rings. The number of thiazole rings is 1. The van der Waals surface area contributed by atoms with E-state index in [1.807, 2.05) is 6.92 Å². The number of aromatic nitrogens is 1. The first-order chi connectivity index (χ1) is 10.0. The summed E-state index contributed by atoms with van der Waals surface area (Å²) in [4.78, 5) is 30.6. The number of carbonyl (C=O) groups excluding carboxylic acids is 2.